The van der Waals surface area contributed by atoms with Gasteiger partial charge in [-0.05, 0) is 25.8 Å². The van der Waals surface area contributed by atoms with Crippen LogP contribution in [-0.4, -0.2) is 54.3 Å². The van der Waals surface area contributed by atoms with Crippen LogP contribution in [0.4, 0.5) is 0 Å². The summed E-state index contributed by atoms with van der Waals surface area (Å²) in [6.07, 6.45) is 3.28. The van der Waals surface area contributed by atoms with Crippen molar-refractivity contribution in [3.63, 3.8) is 0 Å². The summed E-state index contributed by atoms with van der Waals surface area (Å²) in [5.74, 6) is 0.660. The monoisotopic (exact) mass is 239 g/mol. The molecule has 0 radical (unpaired) electrons. The molecule has 0 aromatic heterocycles. The molecule has 2 fully saturated rings. The third kappa shape index (κ3) is 2.84. The Kier molecular flexibility index (Phi) is 3.79. The summed E-state index contributed by atoms with van der Waals surface area (Å²) in [5, 5.41) is 0. The average Bonchev–Trinajstić information content (AvgIpc) is 3.07. The van der Waals surface area contributed by atoms with Crippen molar-refractivity contribution in [1.82, 2.24) is 9.80 Å². The first-order chi connectivity index (χ1) is 8.13. The number of nitrogens with two attached hydrogens (primary N) is 1. The summed E-state index contributed by atoms with van der Waals surface area (Å²) < 4.78 is 0. The van der Waals surface area contributed by atoms with Gasteiger partial charge >= 0.3 is 0 Å². The minimum absolute atomic E-state index is 0.0286. The van der Waals surface area contributed by atoms with Crippen molar-refractivity contribution in [3.8, 4) is 0 Å². The van der Waals surface area contributed by atoms with Gasteiger partial charge in [0.2, 0.25) is 11.8 Å². The number of carbonyl (C=O) groups excluding carboxylic acids is 2. The number of imide groups is 1. The molecule has 2 amide bonds. The topological polar surface area (TPSA) is 66.6 Å². The molecule has 1 aliphatic heterocycles. The molecule has 2 N–H and O–H groups in total. The van der Waals surface area contributed by atoms with Crippen LogP contribution in [0.5, 0.6) is 0 Å². The van der Waals surface area contributed by atoms with E-state index in [1.807, 2.05) is 7.05 Å². The fourth-order valence-corrected chi connectivity index (χ4v) is 2.51. The largest absolute Gasteiger partial charge is 0.329 e. The van der Waals surface area contributed by atoms with E-state index in [-0.39, 0.29) is 11.8 Å². The molecule has 0 spiro atoms. The Hall–Kier alpha value is -0.940. The molecule has 1 aliphatic carbocycles. The van der Waals surface area contributed by atoms with Crippen LogP contribution in [0.3, 0.4) is 0 Å². The third-order valence-electron chi connectivity index (χ3n) is 3.80. The van der Waals surface area contributed by atoms with Gasteiger partial charge in [0.15, 0.2) is 0 Å². The Morgan fingerprint density at radius 2 is 1.94 bits per heavy atom. The van der Waals surface area contributed by atoms with E-state index in [2.05, 4.69) is 4.90 Å². The van der Waals surface area contributed by atoms with Crippen LogP contribution in [0, 0.1) is 5.92 Å². The van der Waals surface area contributed by atoms with Crippen LogP contribution in [0.25, 0.3) is 0 Å². The highest BCUT2D eigenvalue weighted by Crippen LogP contribution is 2.34. The molecule has 1 heterocycles. The Bertz CT molecular complexity index is 299. The molecule has 0 bridgehead atoms. The van der Waals surface area contributed by atoms with Gasteiger partial charge in [-0.3, -0.25) is 14.5 Å². The number of likely N-dealkylation sites (N-methyl/N-ethyl adjacent to an activating group) is 1. The summed E-state index contributed by atoms with van der Waals surface area (Å²) in [6, 6.07) is 0.405. The average molecular weight is 239 g/mol. The maximum absolute atomic E-state index is 11.4. The van der Waals surface area contributed by atoms with Crippen LogP contribution >= 0.6 is 0 Å². The number of rotatable bonds is 6. The first-order valence-corrected chi connectivity index (χ1v) is 6.37. The summed E-state index contributed by atoms with van der Waals surface area (Å²) in [4.78, 5) is 26.5. The van der Waals surface area contributed by atoms with Gasteiger partial charge in [0.05, 0.1) is 0 Å². The molecule has 2 aliphatic rings. The molecule has 1 unspecified atom stereocenters. The van der Waals surface area contributed by atoms with Crippen molar-refractivity contribution < 1.29 is 9.59 Å². The second kappa shape index (κ2) is 5.14. The number of likely N-dealkylation sites (tertiary alicyclic amines) is 1. The fraction of sp³-hybridized carbons (Fsp3) is 0.833. The van der Waals surface area contributed by atoms with E-state index in [4.69, 9.17) is 5.73 Å². The van der Waals surface area contributed by atoms with Crippen molar-refractivity contribution in [2.75, 3.05) is 26.7 Å². The standard InChI is InChI=1S/C12H21N3O2/c1-14(10(8-13)9-2-3-9)6-7-15-11(16)4-5-12(15)17/h9-10H,2-8,13H2,1H3. The molecule has 0 aromatic carbocycles. The lowest BCUT2D eigenvalue weighted by Crippen LogP contribution is -2.44. The van der Waals surface area contributed by atoms with Crippen LogP contribution in [-0.2, 0) is 9.59 Å². The molecule has 1 atom stereocenters. The number of hydrogen-bond donors (Lipinski definition) is 1. The Morgan fingerprint density at radius 3 is 2.41 bits per heavy atom. The normalized spacial score (nSPS) is 22.6. The van der Waals surface area contributed by atoms with E-state index in [1.165, 1.54) is 17.7 Å². The van der Waals surface area contributed by atoms with E-state index < -0.39 is 0 Å². The smallest absolute Gasteiger partial charge is 0.229 e. The first kappa shape index (κ1) is 12.5. The highest BCUT2D eigenvalue weighted by molar-refractivity contribution is 6.01. The van der Waals surface area contributed by atoms with Crippen molar-refractivity contribution in [1.29, 1.82) is 0 Å². The Labute approximate surface area is 102 Å². The number of amides is 2. The summed E-state index contributed by atoms with van der Waals surface area (Å²) in [6.45, 7) is 1.90. The first-order valence-electron chi connectivity index (χ1n) is 6.37. The number of nitrogens with zero attached hydrogens (tertiary/aromatic N) is 2. The Morgan fingerprint density at radius 1 is 1.35 bits per heavy atom. The number of carbonyl (C=O) groups is 2. The van der Waals surface area contributed by atoms with Crippen LogP contribution < -0.4 is 5.73 Å². The molecule has 2 rings (SSSR count). The zero-order valence-electron chi connectivity index (χ0n) is 10.4. The zero-order chi connectivity index (χ0) is 12.4. The minimum Gasteiger partial charge on any atom is -0.329 e. The third-order valence-corrected chi connectivity index (χ3v) is 3.80. The minimum atomic E-state index is -0.0286. The van der Waals surface area contributed by atoms with Crippen LogP contribution in [0.15, 0.2) is 0 Å². The second-order valence-electron chi connectivity index (χ2n) is 5.06. The maximum Gasteiger partial charge on any atom is 0.229 e. The summed E-state index contributed by atoms with van der Waals surface area (Å²) in [5.41, 5.74) is 5.76. The Balaban J connectivity index is 1.80. The van der Waals surface area contributed by atoms with E-state index in [0.717, 1.165) is 12.5 Å². The van der Waals surface area contributed by atoms with E-state index in [0.29, 0.717) is 32.0 Å². The van der Waals surface area contributed by atoms with Gasteiger partial charge in [0, 0.05) is 38.5 Å². The molecule has 5 nitrogen and oxygen atoms in total. The van der Waals surface area contributed by atoms with E-state index in [9.17, 15) is 9.59 Å². The quantitative estimate of drug-likeness (QED) is 0.652. The molecular weight excluding hydrogens is 218 g/mol. The van der Waals surface area contributed by atoms with Crippen LogP contribution in [0.2, 0.25) is 0 Å². The SMILES string of the molecule is CN(CCN1C(=O)CCC1=O)C(CN)C1CC1. The lowest BCUT2D eigenvalue weighted by Gasteiger charge is -2.28. The van der Waals surface area contributed by atoms with Gasteiger partial charge in [-0.25, -0.2) is 0 Å². The molecule has 5 heteroatoms. The van der Waals surface area contributed by atoms with Gasteiger partial charge in [-0.2, -0.15) is 0 Å². The molecular formula is C12H21N3O2. The lowest BCUT2D eigenvalue weighted by molar-refractivity contribution is -0.138. The molecule has 0 aromatic rings. The highest BCUT2D eigenvalue weighted by atomic mass is 16.2. The van der Waals surface area contributed by atoms with E-state index in [1.54, 1.807) is 0 Å². The van der Waals surface area contributed by atoms with Crippen molar-refractivity contribution in [2.45, 2.75) is 31.7 Å². The summed E-state index contributed by atoms with van der Waals surface area (Å²) in [7, 11) is 2.03. The van der Waals surface area contributed by atoms with E-state index >= 15 is 0 Å². The van der Waals surface area contributed by atoms with Crippen molar-refractivity contribution in [3.05, 3.63) is 0 Å². The van der Waals surface area contributed by atoms with Gasteiger partial charge in [0.1, 0.15) is 0 Å². The van der Waals surface area contributed by atoms with Gasteiger partial charge in [-0.1, -0.05) is 0 Å². The predicted molar refractivity (Wildman–Crippen MR) is 64.2 cm³/mol. The van der Waals surface area contributed by atoms with Gasteiger partial charge in [0.25, 0.3) is 0 Å². The maximum atomic E-state index is 11.4. The predicted octanol–water partition coefficient (Wildman–Crippen LogP) is -0.195. The van der Waals surface area contributed by atoms with Crippen molar-refractivity contribution in [2.24, 2.45) is 11.7 Å². The van der Waals surface area contributed by atoms with Crippen LogP contribution in [0.1, 0.15) is 25.7 Å². The molecule has 1 saturated carbocycles. The highest BCUT2D eigenvalue weighted by Gasteiger charge is 2.34. The van der Waals surface area contributed by atoms with Crippen molar-refractivity contribution >= 4 is 11.8 Å². The molecule has 17 heavy (non-hydrogen) atoms. The number of hydrogen-bond acceptors (Lipinski definition) is 4. The second-order valence-corrected chi connectivity index (χ2v) is 5.06. The molecule has 1 saturated heterocycles. The lowest BCUT2D eigenvalue weighted by atomic mass is 10.1. The fourth-order valence-electron chi connectivity index (χ4n) is 2.51. The van der Waals surface area contributed by atoms with Gasteiger partial charge in [-0.15, -0.1) is 0 Å². The van der Waals surface area contributed by atoms with Gasteiger partial charge < -0.3 is 10.6 Å². The summed E-state index contributed by atoms with van der Waals surface area (Å²) >= 11 is 0. The zero-order valence-corrected chi connectivity index (χ0v) is 10.4. The molecule has 96 valence electrons.